The number of carbonyl (C=O) groups excluding carboxylic acids is 1. The summed E-state index contributed by atoms with van der Waals surface area (Å²) in [5.41, 5.74) is 2.40. The van der Waals surface area contributed by atoms with E-state index >= 15 is 0 Å². The molecule has 5 nitrogen and oxygen atoms in total. The highest BCUT2D eigenvalue weighted by Crippen LogP contribution is 2.56. The lowest BCUT2D eigenvalue weighted by atomic mass is 10.0. The Labute approximate surface area is 175 Å². The first kappa shape index (κ1) is 20.9. The summed E-state index contributed by atoms with van der Waals surface area (Å²) in [6, 6.07) is 8.91. The van der Waals surface area contributed by atoms with Crippen molar-refractivity contribution in [1.82, 2.24) is 15.1 Å². The summed E-state index contributed by atoms with van der Waals surface area (Å²) in [6.45, 7) is 2.12. The van der Waals surface area contributed by atoms with Gasteiger partial charge in [0.2, 0.25) is 0 Å². The van der Waals surface area contributed by atoms with E-state index in [4.69, 9.17) is 0 Å². The third kappa shape index (κ3) is 4.12. The average molecular weight is 433 g/mol. The first-order valence-electron chi connectivity index (χ1n) is 9.54. The Balaban J connectivity index is 1.61. The van der Waals surface area contributed by atoms with Crippen LogP contribution in [0.2, 0.25) is 0 Å². The maximum Gasteiger partial charge on any atom is 0.407 e. The molecule has 1 unspecified atom stereocenters. The molecule has 1 saturated carbocycles. The largest absolute Gasteiger partial charge is 0.453 e. The number of hydrogen-bond donors (Lipinski definition) is 1. The van der Waals surface area contributed by atoms with Gasteiger partial charge in [-0.3, -0.25) is 0 Å². The number of aromatic nitrogens is 2. The van der Waals surface area contributed by atoms with Crippen molar-refractivity contribution < 1.29 is 27.1 Å². The van der Waals surface area contributed by atoms with Crippen LogP contribution in [0.1, 0.15) is 29.0 Å². The van der Waals surface area contributed by atoms with Crippen LogP contribution in [0.5, 0.6) is 0 Å². The van der Waals surface area contributed by atoms with E-state index < -0.39 is 41.7 Å². The van der Waals surface area contributed by atoms with Crippen molar-refractivity contribution in [2.75, 3.05) is 7.11 Å². The van der Waals surface area contributed by atoms with E-state index in [0.717, 1.165) is 27.9 Å². The smallest absolute Gasteiger partial charge is 0.407 e. The van der Waals surface area contributed by atoms with E-state index in [2.05, 4.69) is 15.2 Å². The maximum absolute atomic E-state index is 14.6. The Morgan fingerprint density at radius 2 is 1.90 bits per heavy atom. The van der Waals surface area contributed by atoms with E-state index in [9.17, 15) is 22.4 Å². The number of hydrogen-bond acceptors (Lipinski definition) is 3. The third-order valence-electron chi connectivity index (χ3n) is 5.34. The fourth-order valence-electron chi connectivity index (χ4n) is 3.44. The molecule has 162 valence electrons. The summed E-state index contributed by atoms with van der Waals surface area (Å²) in [7, 11) is 1.27. The molecule has 1 amide bonds. The molecule has 4 rings (SSSR count). The summed E-state index contributed by atoms with van der Waals surface area (Å²) in [5.74, 6) is -5.98. The number of alkyl carbamates (subject to hydrolysis) is 1. The second-order valence-corrected chi connectivity index (χ2v) is 7.48. The van der Waals surface area contributed by atoms with Gasteiger partial charge >= 0.3 is 6.09 Å². The van der Waals surface area contributed by atoms with E-state index in [-0.39, 0.29) is 12.1 Å². The SMILES string of the molecule is COC(=O)NCc1cc(-c2ccn(-c3c(F)cc(C4CC4(F)F)cc3F)n2)ccc1C. The zero-order valence-electron chi connectivity index (χ0n) is 16.8. The number of nitrogens with one attached hydrogen (secondary N) is 1. The van der Waals surface area contributed by atoms with Crippen LogP contribution < -0.4 is 5.32 Å². The zero-order valence-corrected chi connectivity index (χ0v) is 16.8. The van der Waals surface area contributed by atoms with Crippen molar-refractivity contribution in [3.05, 3.63) is 70.9 Å². The molecule has 1 aromatic heterocycles. The number of ether oxygens (including phenoxy) is 1. The zero-order chi connectivity index (χ0) is 22.3. The minimum Gasteiger partial charge on any atom is -0.453 e. The Morgan fingerprint density at radius 1 is 1.23 bits per heavy atom. The number of aryl methyl sites for hydroxylation is 1. The number of benzene rings is 2. The van der Waals surface area contributed by atoms with Gasteiger partial charge in [0.15, 0.2) is 11.6 Å². The van der Waals surface area contributed by atoms with E-state index in [1.54, 1.807) is 12.1 Å². The third-order valence-corrected chi connectivity index (χ3v) is 5.34. The molecule has 9 heteroatoms. The molecular formula is C22H19F4N3O2. The lowest BCUT2D eigenvalue weighted by Crippen LogP contribution is -2.22. The molecule has 1 heterocycles. The molecule has 1 aliphatic carbocycles. The molecule has 0 saturated heterocycles. The second-order valence-electron chi connectivity index (χ2n) is 7.48. The Kier molecular flexibility index (Phi) is 5.20. The van der Waals surface area contributed by atoms with Gasteiger partial charge in [0.1, 0.15) is 5.69 Å². The summed E-state index contributed by atoms with van der Waals surface area (Å²) < 4.78 is 61.3. The fourth-order valence-corrected chi connectivity index (χ4v) is 3.44. The predicted octanol–water partition coefficient (Wildman–Crippen LogP) is 5.10. The van der Waals surface area contributed by atoms with Gasteiger partial charge in [-0.2, -0.15) is 5.10 Å². The quantitative estimate of drug-likeness (QED) is 0.570. The number of nitrogens with zero attached hydrogens (tertiary/aromatic N) is 2. The van der Waals surface area contributed by atoms with Crippen molar-refractivity contribution >= 4 is 6.09 Å². The van der Waals surface area contributed by atoms with Crippen molar-refractivity contribution in [3.63, 3.8) is 0 Å². The minimum absolute atomic E-state index is 0.0580. The lowest BCUT2D eigenvalue weighted by molar-refractivity contribution is 0.112. The second kappa shape index (κ2) is 7.72. The van der Waals surface area contributed by atoms with E-state index in [0.29, 0.717) is 11.3 Å². The van der Waals surface area contributed by atoms with Gasteiger partial charge in [-0.15, -0.1) is 0 Å². The topological polar surface area (TPSA) is 56.1 Å². The number of amides is 1. The molecular weight excluding hydrogens is 414 g/mol. The van der Waals surface area contributed by atoms with Crippen molar-refractivity contribution in [2.45, 2.75) is 31.7 Å². The number of halogens is 4. The van der Waals surface area contributed by atoms with Crippen LogP contribution in [0.3, 0.4) is 0 Å². The fraction of sp³-hybridized carbons (Fsp3) is 0.273. The monoisotopic (exact) mass is 433 g/mol. The highest BCUT2D eigenvalue weighted by Gasteiger charge is 2.57. The van der Waals surface area contributed by atoms with Crippen molar-refractivity contribution in [3.8, 4) is 16.9 Å². The molecule has 1 N–H and O–H groups in total. The summed E-state index contributed by atoms with van der Waals surface area (Å²) in [4.78, 5) is 11.3. The number of methoxy groups -OCH3 is 1. The standard InChI is InChI=1S/C22H19F4N3O2/c1-12-3-4-13(7-15(12)11-27-21(30)31-2)19-5-6-29(28-19)20-17(23)8-14(9-18(20)24)16-10-22(16,25)26/h3-9,16H,10-11H2,1-2H3,(H,27,30). The molecule has 31 heavy (non-hydrogen) atoms. The predicted molar refractivity (Wildman–Crippen MR) is 105 cm³/mol. The lowest BCUT2D eigenvalue weighted by Gasteiger charge is -2.10. The summed E-state index contributed by atoms with van der Waals surface area (Å²) >= 11 is 0. The molecule has 1 fully saturated rings. The number of alkyl halides is 2. The first-order chi connectivity index (χ1) is 14.7. The van der Waals surface area contributed by atoms with Crippen molar-refractivity contribution in [2.24, 2.45) is 0 Å². The van der Waals surface area contributed by atoms with Gasteiger partial charge < -0.3 is 10.1 Å². The van der Waals surface area contributed by atoms with Crippen LogP contribution in [0.25, 0.3) is 16.9 Å². The molecule has 0 radical (unpaired) electrons. The highest BCUT2D eigenvalue weighted by atomic mass is 19.3. The Morgan fingerprint density at radius 3 is 2.52 bits per heavy atom. The van der Waals surface area contributed by atoms with Gasteiger partial charge in [-0.1, -0.05) is 12.1 Å². The van der Waals surface area contributed by atoms with Gasteiger partial charge in [0.05, 0.1) is 18.7 Å². The molecule has 1 atom stereocenters. The van der Waals surface area contributed by atoms with Crippen LogP contribution in [-0.4, -0.2) is 28.9 Å². The van der Waals surface area contributed by atoms with Gasteiger partial charge in [0, 0.05) is 24.7 Å². The highest BCUT2D eigenvalue weighted by molar-refractivity contribution is 5.67. The number of carbonyl (C=O) groups is 1. The van der Waals surface area contributed by atoms with Crippen LogP contribution in [0.15, 0.2) is 42.6 Å². The number of rotatable bonds is 5. The molecule has 1 aliphatic rings. The van der Waals surface area contributed by atoms with Crippen LogP contribution in [0, 0.1) is 18.6 Å². The van der Waals surface area contributed by atoms with Gasteiger partial charge in [-0.25, -0.2) is 27.0 Å². The molecule has 0 spiro atoms. The van der Waals surface area contributed by atoms with Crippen LogP contribution in [-0.2, 0) is 11.3 Å². The molecule has 0 bridgehead atoms. The van der Waals surface area contributed by atoms with Crippen LogP contribution in [0.4, 0.5) is 22.4 Å². The molecule has 0 aliphatic heterocycles. The summed E-state index contributed by atoms with van der Waals surface area (Å²) in [6.07, 6.45) is 0.430. The normalized spacial score (nSPS) is 16.8. The first-order valence-corrected chi connectivity index (χ1v) is 9.54. The Hall–Kier alpha value is -3.36. The maximum atomic E-state index is 14.6. The Bertz CT molecular complexity index is 1140. The van der Waals surface area contributed by atoms with Crippen LogP contribution >= 0.6 is 0 Å². The molecule has 3 aromatic rings. The van der Waals surface area contributed by atoms with Crippen molar-refractivity contribution in [1.29, 1.82) is 0 Å². The van der Waals surface area contributed by atoms with E-state index in [1.165, 1.54) is 13.3 Å². The van der Waals surface area contributed by atoms with Gasteiger partial charge in [0.25, 0.3) is 5.92 Å². The summed E-state index contributed by atoms with van der Waals surface area (Å²) in [5, 5.41) is 6.85. The minimum atomic E-state index is -2.91. The van der Waals surface area contributed by atoms with Gasteiger partial charge in [-0.05, 0) is 47.9 Å². The average Bonchev–Trinajstić information content (AvgIpc) is 3.12. The molecule has 2 aromatic carbocycles. The van der Waals surface area contributed by atoms with E-state index in [1.807, 2.05) is 19.1 Å².